The van der Waals surface area contributed by atoms with Crippen molar-refractivity contribution in [2.45, 2.75) is 43.9 Å². The van der Waals surface area contributed by atoms with Gasteiger partial charge in [-0.15, -0.1) is 0 Å². The van der Waals surface area contributed by atoms with E-state index in [0.717, 1.165) is 11.1 Å². The molecule has 0 bridgehead atoms. The van der Waals surface area contributed by atoms with E-state index in [1.807, 2.05) is 18.7 Å². The normalized spacial score (nSPS) is 12.4. The number of rotatable bonds is 11. The highest BCUT2D eigenvalue weighted by atomic mass is 32.2. The number of amides is 2. The van der Waals surface area contributed by atoms with E-state index in [9.17, 15) is 26.4 Å². The van der Waals surface area contributed by atoms with Crippen LogP contribution in [0, 0.1) is 13.8 Å². The number of hydrazone groups is 2. The first-order valence-electron chi connectivity index (χ1n) is 12.2. The van der Waals surface area contributed by atoms with Crippen molar-refractivity contribution < 1.29 is 26.4 Å². The minimum atomic E-state index is -3.93. The molecule has 0 heterocycles. The van der Waals surface area contributed by atoms with Gasteiger partial charge in [-0.1, -0.05) is 35.4 Å². The SMILES string of the molecule is C/C(CC(=O)Nc1ccc(NC(=O)/C(C)=N\NS(=O)(=O)c2ccc(C)cc2)cc1)=N/NS(=O)(=O)c1ccc(C)cc1. The molecule has 0 unspecified atom stereocenters. The fourth-order valence-electron chi connectivity index (χ4n) is 3.19. The lowest BCUT2D eigenvalue weighted by atomic mass is 10.2. The van der Waals surface area contributed by atoms with Crippen LogP contribution in [0.5, 0.6) is 0 Å². The Balaban J connectivity index is 1.51. The smallest absolute Gasteiger partial charge is 0.276 e. The molecule has 2 amide bonds. The first-order valence-corrected chi connectivity index (χ1v) is 15.2. The van der Waals surface area contributed by atoms with Gasteiger partial charge in [-0.2, -0.15) is 31.9 Å². The summed E-state index contributed by atoms with van der Waals surface area (Å²) < 4.78 is 49.4. The van der Waals surface area contributed by atoms with Crippen molar-refractivity contribution in [2.75, 3.05) is 10.6 Å². The number of nitrogens with one attached hydrogen (secondary N) is 4. The van der Waals surface area contributed by atoms with E-state index in [1.54, 1.807) is 36.4 Å². The molecule has 0 aromatic heterocycles. The van der Waals surface area contributed by atoms with Gasteiger partial charge in [0.15, 0.2) is 0 Å². The van der Waals surface area contributed by atoms with E-state index in [1.165, 1.54) is 50.2 Å². The second-order valence-corrected chi connectivity index (χ2v) is 12.4. The molecule has 0 aliphatic heterocycles. The second-order valence-electron chi connectivity index (χ2n) is 9.12. The van der Waals surface area contributed by atoms with Crippen LogP contribution in [0.15, 0.2) is 92.8 Å². The number of nitrogens with zero attached hydrogens (tertiary/aromatic N) is 2. The molecule has 0 saturated heterocycles. The molecule has 3 rings (SSSR count). The van der Waals surface area contributed by atoms with E-state index in [4.69, 9.17) is 0 Å². The van der Waals surface area contributed by atoms with Crippen LogP contribution in [-0.4, -0.2) is 40.1 Å². The zero-order valence-corrected chi connectivity index (χ0v) is 24.4. The van der Waals surface area contributed by atoms with Gasteiger partial charge in [0.2, 0.25) is 5.91 Å². The van der Waals surface area contributed by atoms with Gasteiger partial charge in [0, 0.05) is 17.1 Å². The maximum absolute atomic E-state index is 12.4. The summed E-state index contributed by atoms with van der Waals surface area (Å²) in [5.74, 6) is -1.06. The average Bonchev–Trinajstić information content (AvgIpc) is 2.92. The van der Waals surface area contributed by atoms with Crippen LogP contribution in [0.1, 0.15) is 31.4 Å². The molecule has 0 aliphatic rings. The maximum atomic E-state index is 12.4. The molecule has 3 aromatic rings. The summed E-state index contributed by atoms with van der Waals surface area (Å²) in [6, 6.07) is 18.6. The highest BCUT2D eigenvalue weighted by molar-refractivity contribution is 7.89. The van der Waals surface area contributed by atoms with Gasteiger partial charge in [-0.3, -0.25) is 9.59 Å². The minimum absolute atomic E-state index is 0.0164. The summed E-state index contributed by atoms with van der Waals surface area (Å²) in [6.45, 7) is 6.54. The molecule has 0 fully saturated rings. The van der Waals surface area contributed by atoms with E-state index < -0.39 is 31.9 Å². The number of hydrogen-bond donors (Lipinski definition) is 4. The third-order valence-corrected chi connectivity index (χ3v) is 7.97. The average molecular weight is 599 g/mol. The van der Waals surface area contributed by atoms with E-state index in [-0.39, 0.29) is 27.6 Å². The summed E-state index contributed by atoms with van der Waals surface area (Å²) in [4.78, 5) is 29.0. The molecular formula is C27H30N6O6S2. The Morgan fingerprint density at radius 3 is 1.51 bits per heavy atom. The van der Waals surface area contributed by atoms with Crippen LogP contribution in [-0.2, 0) is 29.6 Å². The number of benzene rings is 3. The predicted octanol–water partition coefficient (Wildman–Crippen LogP) is 3.28. The van der Waals surface area contributed by atoms with Crippen molar-refractivity contribution in [1.82, 2.24) is 9.66 Å². The zero-order valence-electron chi connectivity index (χ0n) is 22.8. The number of anilines is 2. The first-order chi connectivity index (χ1) is 19.2. The Hall–Kier alpha value is -4.56. The number of carbonyl (C=O) groups excluding carboxylic acids is 2. The highest BCUT2D eigenvalue weighted by Crippen LogP contribution is 2.15. The lowest BCUT2D eigenvalue weighted by molar-refractivity contribution is -0.115. The van der Waals surface area contributed by atoms with Gasteiger partial charge in [0.1, 0.15) is 5.71 Å². The standard InChI is InChI=1S/C27H30N6O6S2/c1-18-5-13-24(14-6-18)40(36,37)32-30-20(3)17-26(34)28-22-9-11-23(12-10-22)29-27(35)21(4)31-33-41(38,39)25-15-7-19(2)8-16-25/h5-16,32-33H,17H2,1-4H3,(H,28,34)(H,29,35)/b30-20-,31-21-. The van der Waals surface area contributed by atoms with Crippen molar-refractivity contribution in [3.05, 3.63) is 83.9 Å². The van der Waals surface area contributed by atoms with Gasteiger partial charge in [0.25, 0.3) is 26.0 Å². The van der Waals surface area contributed by atoms with E-state index in [2.05, 4.69) is 25.7 Å². The lowest BCUT2D eigenvalue weighted by Crippen LogP contribution is -2.26. The summed E-state index contributed by atoms with van der Waals surface area (Å²) in [7, 11) is -7.79. The second kappa shape index (κ2) is 13.2. The van der Waals surface area contributed by atoms with Crippen LogP contribution in [0.4, 0.5) is 11.4 Å². The predicted molar refractivity (Wildman–Crippen MR) is 158 cm³/mol. The summed E-state index contributed by atoms with van der Waals surface area (Å²) in [6.07, 6.45) is -0.164. The molecular weight excluding hydrogens is 568 g/mol. The molecule has 0 saturated carbocycles. The molecule has 216 valence electrons. The Morgan fingerprint density at radius 2 is 1.05 bits per heavy atom. The monoisotopic (exact) mass is 598 g/mol. The van der Waals surface area contributed by atoms with Crippen molar-refractivity contribution in [1.29, 1.82) is 0 Å². The molecule has 4 N–H and O–H groups in total. The molecule has 12 nitrogen and oxygen atoms in total. The molecule has 0 spiro atoms. The van der Waals surface area contributed by atoms with Gasteiger partial charge in [-0.05, 0) is 76.2 Å². The fourth-order valence-corrected chi connectivity index (χ4v) is 4.93. The molecule has 0 atom stereocenters. The fraction of sp³-hybridized carbons (Fsp3) is 0.185. The van der Waals surface area contributed by atoms with Crippen molar-refractivity contribution in [3.63, 3.8) is 0 Å². The zero-order chi connectivity index (χ0) is 30.2. The van der Waals surface area contributed by atoms with Crippen molar-refractivity contribution >= 4 is 54.7 Å². The minimum Gasteiger partial charge on any atom is -0.326 e. The third-order valence-electron chi connectivity index (χ3n) is 5.52. The first kappa shape index (κ1) is 31.0. The topological polar surface area (TPSA) is 175 Å². The molecule has 0 radical (unpaired) electrons. The molecule has 0 aliphatic carbocycles. The largest absolute Gasteiger partial charge is 0.326 e. The Morgan fingerprint density at radius 1 is 0.634 bits per heavy atom. The van der Waals surface area contributed by atoms with E-state index >= 15 is 0 Å². The number of hydrogen-bond acceptors (Lipinski definition) is 8. The third kappa shape index (κ3) is 9.25. The Bertz CT molecular complexity index is 1680. The molecule has 41 heavy (non-hydrogen) atoms. The van der Waals surface area contributed by atoms with Crippen LogP contribution >= 0.6 is 0 Å². The van der Waals surface area contributed by atoms with E-state index in [0.29, 0.717) is 11.4 Å². The van der Waals surface area contributed by atoms with Crippen LogP contribution in [0.3, 0.4) is 0 Å². The molecule has 14 heteroatoms. The summed E-state index contributed by atoms with van der Waals surface area (Å²) >= 11 is 0. The summed E-state index contributed by atoms with van der Waals surface area (Å²) in [5, 5.41) is 12.7. The van der Waals surface area contributed by atoms with Crippen LogP contribution < -0.4 is 20.3 Å². The van der Waals surface area contributed by atoms with Crippen molar-refractivity contribution in [2.24, 2.45) is 10.2 Å². The Labute approximate surface area is 239 Å². The number of aryl methyl sites for hydroxylation is 2. The number of carbonyl (C=O) groups is 2. The molecule has 3 aromatic carbocycles. The Kier molecular flexibility index (Phi) is 9.97. The number of sulfonamides is 2. The quantitative estimate of drug-likeness (QED) is 0.195. The highest BCUT2D eigenvalue weighted by Gasteiger charge is 2.15. The van der Waals surface area contributed by atoms with Crippen molar-refractivity contribution in [3.8, 4) is 0 Å². The van der Waals surface area contributed by atoms with Gasteiger partial charge in [-0.25, -0.2) is 4.83 Å². The maximum Gasteiger partial charge on any atom is 0.276 e. The summed E-state index contributed by atoms with van der Waals surface area (Å²) in [5.41, 5.74) is 2.75. The van der Waals surface area contributed by atoms with Crippen LogP contribution in [0.2, 0.25) is 0 Å². The lowest BCUT2D eigenvalue weighted by Gasteiger charge is -2.09. The van der Waals surface area contributed by atoms with Gasteiger partial charge in [0.05, 0.1) is 16.2 Å². The van der Waals surface area contributed by atoms with Gasteiger partial charge >= 0.3 is 0 Å². The van der Waals surface area contributed by atoms with Crippen LogP contribution in [0.25, 0.3) is 0 Å². The van der Waals surface area contributed by atoms with Gasteiger partial charge < -0.3 is 10.6 Å².